The highest BCUT2D eigenvalue weighted by molar-refractivity contribution is 9.10. The van der Waals surface area contributed by atoms with Gasteiger partial charge in [-0.25, -0.2) is 9.59 Å². The summed E-state index contributed by atoms with van der Waals surface area (Å²) in [5, 5.41) is 30.8. The molecule has 14 nitrogen and oxygen atoms in total. The first kappa shape index (κ1) is 30.2. The Labute approximate surface area is 237 Å². The van der Waals surface area contributed by atoms with E-state index < -0.39 is 29.2 Å². The van der Waals surface area contributed by atoms with Gasteiger partial charge in [0, 0.05) is 17.3 Å². The van der Waals surface area contributed by atoms with Crippen LogP contribution in [0, 0.1) is 10.1 Å². The van der Waals surface area contributed by atoms with Gasteiger partial charge in [-0.1, -0.05) is 6.07 Å². The number of nitro groups is 1. The largest absolute Gasteiger partial charge is 0.490 e. The van der Waals surface area contributed by atoms with Crippen LogP contribution in [0.2, 0.25) is 0 Å². The Morgan fingerprint density at radius 2 is 2.02 bits per heavy atom. The zero-order chi connectivity index (χ0) is 29.4. The Balaban J connectivity index is 1.71. The molecule has 2 amide bonds. The van der Waals surface area contributed by atoms with Gasteiger partial charge in [-0.3, -0.25) is 15.5 Å². The van der Waals surface area contributed by atoms with Crippen molar-refractivity contribution < 1.29 is 38.6 Å². The fourth-order valence-electron chi connectivity index (χ4n) is 3.83. The number of nitrogens with one attached hydrogen (secondary N) is 3. The molecule has 2 atom stereocenters. The molecule has 0 saturated heterocycles. The highest BCUT2D eigenvalue weighted by Gasteiger charge is 2.32. The minimum Gasteiger partial charge on any atom is -0.490 e. The van der Waals surface area contributed by atoms with Crippen LogP contribution in [0.15, 0.2) is 51.2 Å². The van der Waals surface area contributed by atoms with Gasteiger partial charge in [0.25, 0.3) is 0 Å². The first-order valence-electron chi connectivity index (χ1n) is 11.8. The average Bonchev–Trinajstić information content (AvgIpc) is 2.91. The topological polar surface area (TPSA) is 183 Å². The number of hydrazone groups is 1. The molecular weight excluding hydrogens is 594 g/mol. The van der Waals surface area contributed by atoms with Crippen molar-refractivity contribution in [2.24, 2.45) is 5.10 Å². The number of benzene rings is 2. The second-order valence-corrected chi connectivity index (χ2v) is 9.08. The highest BCUT2D eigenvalue weighted by Crippen LogP contribution is 2.36. The summed E-state index contributed by atoms with van der Waals surface area (Å²) in [6.07, 6.45) is 0.0463. The maximum absolute atomic E-state index is 12.4. The van der Waals surface area contributed by atoms with Crippen LogP contribution in [0.5, 0.6) is 17.2 Å². The van der Waals surface area contributed by atoms with Crippen molar-refractivity contribution in [2.45, 2.75) is 26.1 Å². The summed E-state index contributed by atoms with van der Waals surface area (Å²) in [6, 6.07) is 6.45. The number of carbonyl (C=O) groups is 2. The molecular formula is C25H28BrN5O9. The second-order valence-electron chi connectivity index (χ2n) is 8.23. The molecule has 214 valence electrons. The van der Waals surface area contributed by atoms with Crippen molar-refractivity contribution in [3.8, 4) is 17.2 Å². The van der Waals surface area contributed by atoms with E-state index in [1.807, 2.05) is 0 Å². The molecule has 4 N–H and O–H groups in total. The number of hydrogen-bond acceptors (Lipinski definition) is 11. The van der Waals surface area contributed by atoms with Crippen molar-refractivity contribution in [3.63, 3.8) is 0 Å². The summed E-state index contributed by atoms with van der Waals surface area (Å²) in [4.78, 5) is 35.2. The van der Waals surface area contributed by atoms with Gasteiger partial charge in [0.15, 0.2) is 17.7 Å². The summed E-state index contributed by atoms with van der Waals surface area (Å²) >= 11 is 3.23. The van der Waals surface area contributed by atoms with Gasteiger partial charge in [0.05, 0.1) is 48.1 Å². The molecule has 0 radical (unpaired) electrons. The summed E-state index contributed by atoms with van der Waals surface area (Å²) in [7, 11) is 2.58. The number of carbonyl (C=O) groups excluding carboxylic acids is 2. The molecule has 15 heteroatoms. The van der Waals surface area contributed by atoms with Crippen molar-refractivity contribution in [1.82, 2.24) is 16.1 Å². The first-order chi connectivity index (χ1) is 19.1. The van der Waals surface area contributed by atoms with E-state index in [-0.39, 0.29) is 23.6 Å². The molecule has 1 aliphatic rings. The van der Waals surface area contributed by atoms with Crippen molar-refractivity contribution >= 4 is 39.8 Å². The molecule has 3 rings (SSSR count). The SMILES string of the molecule is CCOc1cc([C@H]2NC(=O)NC(C)=C2C(=O)OC)ccc1OC[C@H](O)N/N=C\c1cc(Br)c(OC)c([N+](=O)[O-])c1. The third-order valence-electron chi connectivity index (χ3n) is 5.56. The molecule has 0 aromatic heterocycles. The zero-order valence-corrected chi connectivity index (χ0v) is 23.6. The van der Waals surface area contributed by atoms with Gasteiger partial charge in [-0.15, -0.1) is 0 Å². The number of aliphatic hydroxyl groups is 1. The Bertz CT molecular complexity index is 1350. The third kappa shape index (κ3) is 7.18. The molecule has 2 aromatic rings. The van der Waals surface area contributed by atoms with Crippen LogP contribution in [0.3, 0.4) is 0 Å². The Kier molecular flexibility index (Phi) is 10.3. The van der Waals surface area contributed by atoms with Gasteiger partial charge < -0.3 is 34.7 Å². The smallest absolute Gasteiger partial charge is 0.337 e. The fraction of sp³-hybridized carbons (Fsp3) is 0.320. The van der Waals surface area contributed by atoms with Crippen LogP contribution in [-0.2, 0) is 9.53 Å². The number of nitrogens with zero attached hydrogens (tertiary/aromatic N) is 2. The van der Waals surface area contributed by atoms with E-state index in [4.69, 9.17) is 18.9 Å². The predicted octanol–water partition coefficient (Wildman–Crippen LogP) is 2.89. The molecule has 0 fully saturated rings. The molecule has 0 aliphatic carbocycles. The number of aliphatic hydroxyl groups excluding tert-OH is 1. The van der Waals surface area contributed by atoms with Crippen LogP contribution in [0.1, 0.15) is 31.0 Å². The van der Waals surface area contributed by atoms with Gasteiger partial charge in [-0.05, 0) is 53.5 Å². The lowest BCUT2D eigenvalue weighted by Gasteiger charge is -2.28. The van der Waals surface area contributed by atoms with E-state index in [2.05, 4.69) is 37.1 Å². The number of urea groups is 1. The quantitative estimate of drug-likeness (QED) is 0.0903. The molecule has 0 spiro atoms. The highest BCUT2D eigenvalue weighted by atomic mass is 79.9. The van der Waals surface area contributed by atoms with Crippen LogP contribution in [0.25, 0.3) is 0 Å². The maximum Gasteiger partial charge on any atom is 0.337 e. The number of esters is 1. The lowest BCUT2D eigenvalue weighted by Crippen LogP contribution is -2.45. The average molecular weight is 622 g/mol. The second kappa shape index (κ2) is 13.6. The number of nitro benzene ring substituents is 1. The molecule has 0 saturated carbocycles. The number of amides is 2. The van der Waals surface area contributed by atoms with Crippen LogP contribution in [0.4, 0.5) is 10.5 Å². The normalized spacial score (nSPS) is 15.7. The maximum atomic E-state index is 12.4. The summed E-state index contributed by atoms with van der Waals surface area (Å²) < 4.78 is 21.7. The van der Waals surface area contributed by atoms with Crippen molar-refractivity contribution in [1.29, 1.82) is 0 Å². The van der Waals surface area contributed by atoms with Crippen molar-refractivity contribution in [2.75, 3.05) is 27.4 Å². The van der Waals surface area contributed by atoms with Crippen LogP contribution >= 0.6 is 15.9 Å². The van der Waals surface area contributed by atoms with Crippen molar-refractivity contribution in [3.05, 3.63) is 67.3 Å². The minimum atomic E-state index is -1.25. The Morgan fingerprint density at radius 1 is 1.27 bits per heavy atom. The number of methoxy groups -OCH3 is 2. The Hall–Kier alpha value is -4.37. The number of ether oxygens (including phenoxy) is 4. The van der Waals surface area contributed by atoms with E-state index >= 15 is 0 Å². The van der Waals surface area contributed by atoms with Gasteiger partial charge >= 0.3 is 17.7 Å². The molecule has 1 heterocycles. The first-order valence-corrected chi connectivity index (χ1v) is 12.6. The van der Waals surface area contributed by atoms with E-state index in [0.29, 0.717) is 39.4 Å². The van der Waals surface area contributed by atoms with E-state index in [1.165, 1.54) is 26.5 Å². The fourth-order valence-corrected chi connectivity index (χ4v) is 4.46. The van der Waals surface area contributed by atoms with Gasteiger partial charge in [0.1, 0.15) is 6.61 Å². The lowest BCUT2D eigenvalue weighted by molar-refractivity contribution is -0.385. The zero-order valence-electron chi connectivity index (χ0n) is 22.0. The number of halogens is 1. The summed E-state index contributed by atoms with van der Waals surface area (Å²) in [5.41, 5.74) is 3.77. The number of rotatable bonds is 12. The van der Waals surface area contributed by atoms with E-state index in [1.54, 1.807) is 38.1 Å². The molecule has 1 aliphatic heterocycles. The number of hydrogen-bond donors (Lipinski definition) is 4. The van der Waals surface area contributed by atoms with Gasteiger partial charge in [-0.2, -0.15) is 5.10 Å². The third-order valence-corrected chi connectivity index (χ3v) is 6.15. The minimum absolute atomic E-state index is 0.0786. The summed E-state index contributed by atoms with van der Waals surface area (Å²) in [5.74, 6) is 0.0981. The van der Waals surface area contributed by atoms with E-state index in [0.717, 1.165) is 0 Å². The molecule has 0 unspecified atom stereocenters. The Morgan fingerprint density at radius 3 is 2.67 bits per heavy atom. The standard InChI is InChI=1S/C25H28BrN5O9/c1-5-39-19-10-15(22-21(24(33)38-4)13(2)28-25(34)29-22)6-7-18(19)40-12-20(32)30-27-11-14-8-16(26)23(37-3)17(9-14)31(35)36/h6-11,20,22,30,32H,5,12H2,1-4H3,(H2,28,29,34)/b27-11-/t20-,22+/m0/s1. The lowest BCUT2D eigenvalue weighted by atomic mass is 9.95. The van der Waals surface area contributed by atoms with Gasteiger partial charge in [0.2, 0.25) is 5.75 Å². The molecule has 0 bridgehead atoms. The molecule has 2 aromatic carbocycles. The van der Waals surface area contributed by atoms with E-state index in [9.17, 15) is 24.8 Å². The number of allylic oxidation sites excluding steroid dienone is 1. The molecule has 40 heavy (non-hydrogen) atoms. The monoisotopic (exact) mass is 621 g/mol. The summed E-state index contributed by atoms with van der Waals surface area (Å²) in [6.45, 7) is 3.44. The predicted molar refractivity (Wildman–Crippen MR) is 146 cm³/mol. The van der Waals surface area contributed by atoms with Crippen LogP contribution in [-0.4, -0.2) is 61.9 Å². The van der Waals surface area contributed by atoms with Crippen LogP contribution < -0.4 is 30.3 Å².